The van der Waals surface area contributed by atoms with Crippen LogP contribution >= 0.6 is 23.2 Å². The standard InChI is InChI=1S/C43H55Cl2FN10O3/c1-27(38-32(44)11-12-33(46)39(38)45)59-35-21-29(22-51-41(35)49)30-23-52-56(24-30)31-13-19-55(20-14-31)37(57)10-3-2-4-18-54-25-36(43(26-54)15-16-43)53-42(58)34(47)9-5-7-28-8-6-17-50-40(28)48/h6,8,11-12,17,21-24,27,31,34,36H,2-5,7,9-10,13-16,18-20,25-26,47H2,1H3,(H2,48,50)(H2,49,51)(H,53,58)/t27-,34+,36+/m1/s1. The van der Waals surface area contributed by atoms with Crippen LogP contribution in [-0.4, -0.2) is 86.2 Å². The minimum absolute atomic E-state index is 0.0662. The number of amides is 2. The largest absolute Gasteiger partial charge is 0.482 e. The predicted molar refractivity (Wildman–Crippen MR) is 228 cm³/mol. The topological polar surface area (TPSA) is 184 Å². The minimum atomic E-state index is -0.687. The molecule has 13 nitrogen and oxygen atoms in total. The van der Waals surface area contributed by atoms with Gasteiger partial charge in [0.05, 0.1) is 23.3 Å². The van der Waals surface area contributed by atoms with Crippen LogP contribution in [0.4, 0.5) is 16.0 Å². The molecule has 3 atom stereocenters. The van der Waals surface area contributed by atoms with E-state index in [2.05, 4.69) is 25.3 Å². The third kappa shape index (κ3) is 10.3. The van der Waals surface area contributed by atoms with Crippen LogP contribution in [-0.2, 0) is 16.0 Å². The van der Waals surface area contributed by atoms with Crippen LogP contribution in [0, 0.1) is 11.2 Å². The molecule has 1 saturated carbocycles. The van der Waals surface area contributed by atoms with Gasteiger partial charge in [0.2, 0.25) is 11.8 Å². The number of pyridine rings is 2. The quantitative estimate of drug-likeness (QED) is 0.0656. The zero-order chi connectivity index (χ0) is 41.7. The van der Waals surface area contributed by atoms with Gasteiger partial charge < -0.3 is 37.1 Å². The van der Waals surface area contributed by atoms with Crippen LogP contribution in [0.3, 0.4) is 0 Å². The maximum absolute atomic E-state index is 14.2. The number of halogens is 3. The van der Waals surface area contributed by atoms with E-state index in [4.69, 9.17) is 45.1 Å². The second-order valence-electron chi connectivity index (χ2n) is 16.5. The van der Waals surface area contributed by atoms with Crippen LogP contribution in [0.25, 0.3) is 11.1 Å². The maximum Gasteiger partial charge on any atom is 0.237 e. The van der Waals surface area contributed by atoms with E-state index in [1.54, 1.807) is 31.6 Å². The molecule has 0 unspecified atom stereocenters. The number of carbonyl (C=O) groups is 2. The highest BCUT2D eigenvalue weighted by molar-refractivity contribution is 6.36. The number of piperidine rings is 1. The van der Waals surface area contributed by atoms with E-state index >= 15 is 0 Å². The van der Waals surface area contributed by atoms with Crippen molar-refractivity contribution >= 4 is 46.7 Å². The van der Waals surface area contributed by atoms with Gasteiger partial charge >= 0.3 is 0 Å². The summed E-state index contributed by atoms with van der Waals surface area (Å²) in [5, 5.41) is 8.13. The monoisotopic (exact) mass is 848 g/mol. The van der Waals surface area contributed by atoms with Gasteiger partial charge in [0.15, 0.2) is 11.6 Å². The smallest absolute Gasteiger partial charge is 0.237 e. The summed E-state index contributed by atoms with van der Waals surface area (Å²) in [7, 11) is 0. The molecule has 2 saturated heterocycles. The molecular weight excluding hydrogens is 794 g/mol. The maximum atomic E-state index is 14.2. The van der Waals surface area contributed by atoms with Crippen molar-refractivity contribution in [2.75, 3.05) is 44.2 Å². The van der Waals surface area contributed by atoms with Crippen molar-refractivity contribution in [3.05, 3.63) is 82.1 Å². The van der Waals surface area contributed by atoms with E-state index < -0.39 is 18.0 Å². The molecule has 3 fully saturated rings. The molecule has 4 aromatic rings. The Morgan fingerprint density at radius 1 is 1.03 bits per heavy atom. The SMILES string of the molecule is C[C@@H](Oc1cc(-c2cnn(C3CCN(C(=O)CCCCCN4C[C@H](NC(=O)[C@@H](N)CCCc5cccnc5N)C5(CC5)C4)CC3)c2)cnc1N)c1c(Cl)ccc(F)c1Cl. The lowest BCUT2D eigenvalue weighted by Gasteiger charge is -2.32. The number of nitrogen functional groups attached to an aromatic ring is 2. The van der Waals surface area contributed by atoms with Crippen molar-refractivity contribution in [3.63, 3.8) is 0 Å². The number of nitrogens with one attached hydrogen (secondary N) is 1. The van der Waals surface area contributed by atoms with E-state index in [0.29, 0.717) is 43.1 Å². The first-order chi connectivity index (χ1) is 28.4. The first kappa shape index (κ1) is 42.6. The molecule has 0 bridgehead atoms. The Kier molecular flexibility index (Phi) is 13.6. The number of unbranched alkanes of at least 4 members (excludes halogenated alkanes) is 2. The van der Waals surface area contributed by atoms with E-state index in [1.807, 2.05) is 27.9 Å². The lowest BCUT2D eigenvalue weighted by Crippen LogP contribution is -2.48. The van der Waals surface area contributed by atoms with Crippen molar-refractivity contribution in [2.24, 2.45) is 11.1 Å². The normalized spacial score (nSPS) is 18.9. The molecular formula is C43H55Cl2FN10O3. The fourth-order valence-corrected chi connectivity index (χ4v) is 9.26. The molecule has 7 rings (SSSR count). The van der Waals surface area contributed by atoms with Gasteiger partial charge in [-0.25, -0.2) is 14.4 Å². The summed E-state index contributed by atoms with van der Waals surface area (Å²) < 4.78 is 22.2. The summed E-state index contributed by atoms with van der Waals surface area (Å²) >= 11 is 12.5. The summed E-state index contributed by atoms with van der Waals surface area (Å²) in [4.78, 5) is 39.1. The number of nitrogens with zero attached hydrogens (tertiary/aromatic N) is 6. The molecule has 59 heavy (non-hydrogen) atoms. The zero-order valence-electron chi connectivity index (χ0n) is 33.6. The number of aryl methyl sites for hydroxylation is 1. The van der Waals surface area contributed by atoms with Crippen molar-refractivity contribution < 1.29 is 18.7 Å². The molecule has 5 heterocycles. The first-order valence-electron chi connectivity index (χ1n) is 20.8. The van der Waals surface area contributed by atoms with E-state index in [1.165, 1.54) is 12.1 Å². The lowest BCUT2D eigenvalue weighted by molar-refractivity contribution is -0.132. The Bertz CT molecular complexity index is 2110. The van der Waals surface area contributed by atoms with Crippen molar-refractivity contribution in [1.82, 2.24) is 34.9 Å². The second-order valence-corrected chi connectivity index (χ2v) is 17.2. The molecule has 316 valence electrons. The molecule has 16 heteroatoms. The van der Waals surface area contributed by atoms with Gasteiger partial charge in [0.1, 0.15) is 17.7 Å². The van der Waals surface area contributed by atoms with Crippen LogP contribution in [0.2, 0.25) is 10.0 Å². The fourth-order valence-electron chi connectivity index (χ4n) is 8.58. The van der Waals surface area contributed by atoms with Crippen LogP contribution in [0.5, 0.6) is 5.75 Å². The summed E-state index contributed by atoms with van der Waals surface area (Å²) in [6.45, 7) is 5.93. The number of hydrogen-bond donors (Lipinski definition) is 4. The molecule has 0 radical (unpaired) electrons. The minimum Gasteiger partial charge on any atom is -0.482 e. The summed E-state index contributed by atoms with van der Waals surface area (Å²) in [6.07, 6.45) is 15.9. The van der Waals surface area contributed by atoms with E-state index in [0.717, 1.165) is 94.1 Å². The third-order valence-electron chi connectivity index (χ3n) is 12.3. The number of hydrogen-bond acceptors (Lipinski definition) is 10. The number of nitrogens with two attached hydrogens (primary N) is 3. The van der Waals surface area contributed by atoms with Gasteiger partial charge in [-0.3, -0.25) is 14.3 Å². The molecule has 1 spiro atoms. The summed E-state index contributed by atoms with van der Waals surface area (Å²) in [6, 6.07) is 8.02. The van der Waals surface area contributed by atoms with Gasteiger partial charge in [-0.15, -0.1) is 0 Å². The van der Waals surface area contributed by atoms with E-state index in [-0.39, 0.29) is 45.2 Å². The molecule has 1 aliphatic carbocycles. The van der Waals surface area contributed by atoms with Crippen molar-refractivity contribution in [2.45, 2.75) is 102 Å². The molecule has 7 N–H and O–H groups in total. The van der Waals surface area contributed by atoms with Crippen LogP contribution < -0.4 is 27.3 Å². The molecule has 2 aliphatic heterocycles. The second kappa shape index (κ2) is 18.8. The number of benzene rings is 1. The summed E-state index contributed by atoms with van der Waals surface area (Å²) in [5.74, 6) is 0.592. The highest BCUT2D eigenvalue weighted by Gasteiger charge is 2.55. The molecule has 1 aromatic carbocycles. The highest BCUT2D eigenvalue weighted by atomic mass is 35.5. The average Bonchev–Trinajstić information content (AvgIpc) is 3.69. The van der Waals surface area contributed by atoms with Gasteiger partial charge in [0.25, 0.3) is 0 Å². The van der Waals surface area contributed by atoms with Gasteiger partial charge in [0, 0.05) is 84.4 Å². The fraction of sp³-hybridized carbons (Fsp3) is 0.512. The van der Waals surface area contributed by atoms with Crippen molar-refractivity contribution in [1.29, 1.82) is 0 Å². The summed E-state index contributed by atoms with van der Waals surface area (Å²) in [5.41, 5.74) is 21.5. The Balaban J connectivity index is 0.799. The third-order valence-corrected chi connectivity index (χ3v) is 13.0. The number of ether oxygens (including phenoxy) is 1. The van der Waals surface area contributed by atoms with Gasteiger partial charge in [-0.2, -0.15) is 5.10 Å². The van der Waals surface area contributed by atoms with Gasteiger partial charge in [-0.05, 0) is 101 Å². The molecule has 3 aromatic heterocycles. The van der Waals surface area contributed by atoms with Gasteiger partial charge in [-0.1, -0.05) is 35.7 Å². The van der Waals surface area contributed by atoms with Crippen LogP contribution in [0.15, 0.2) is 55.1 Å². The van der Waals surface area contributed by atoms with Crippen molar-refractivity contribution in [3.8, 4) is 16.9 Å². The number of carbonyl (C=O) groups excluding carboxylic acids is 2. The lowest BCUT2D eigenvalue weighted by atomic mass is 9.99. The molecule has 3 aliphatic rings. The number of anilines is 2. The first-order valence-corrected chi connectivity index (χ1v) is 21.5. The van der Waals surface area contributed by atoms with Crippen LogP contribution in [0.1, 0.15) is 94.4 Å². The average molecular weight is 850 g/mol. The zero-order valence-corrected chi connectivity index (χ0v) is 35.1. The molecule has 2 amide bonds. The Morgan fingerprint density at radius 2 is 1.83 bits per heavy atom. The number of aromatic nitrogens is 4. The van der Waals surface area contributed by atoms with E-state index in [9.17, 15) is 14.0 Å². The predicted octanol–water partition coefficient (Wildman–Crippen LogP) is 6.75. The highest BCUT2D eigenvalue weighted by Crippen LogP contribution is 2.53. The number of likely N-dealkylation sites (tertiary alicyclic amines) is 2. The Morgan fingerprint density at radius 3 is 2.59 bits per heavy atom. The Hall–Kier alpha value is -4.50. The Labute approximate surface area is 355 Å². The number of rotatable bonds is 17.